The molecule has 2 heterocycles. The second-order valence-corrected chi connectivity index (χ2v) is 5.52. The van der Waals surface area contributed by atoms with Crippen molar-refractivity contribution in [3.05, 3.63) is 0 Å². The van der Waals surface area contributed by atoms with Gasteiger partial charge in [0.1, 0.15) is 0 Å². The van der Waals surface area contributed by atoms with Crippen molar-refractivity contribution >= 4 is 5.97 Å². The zero-order valence-electron chi connectivity index (χ0n) is 10.7. The number of hydrogen-bond donors (Lipinski definition) is 2. The molecule has 17 heavy (non-hydrogen) atoms. The molecule has 0 bridgehead atoms. The Balaban J connectivity index is 1.75. The first-order valence-corrected chi connectivity index (χ1v) is 6.86. The zero-order chi connectivity index (χ0) is 12.3. The fourth-order valence-electron chi connectivity index (χ4n) is 3.26. The predicted octanol–water partition coefficient (Wildman–Crippen LogP) is 1.31. The number of likely N-dealkylation sites (tertiary alicyclic amines) is 1. The highest BCUT2D eigenvalue weighted by atomic mass is 16.4. The van der Waals surface area contributed by atoms with Crippen LogP contribution >= 0.6 is 0 Å². The summed E-state index contributed by atoms with van der Waals surface area (Å²) in [7, 11) is 0. The van der Waals surface area contributed by atoms with Crippen LogP contribution in [0.3, 0.4) is 0 Å². The molecule has 2 fully saturated rings. The van der Waals surface area contributed by atoms with Crippen LogP contribution in [0.2, 0.25) is 0 Å². The van der Waals surface area contributed by atoms with Crippen molar-refractivity contribution in [2.45, 2.75) is 51.1 Å². The largest absolute Gasteiger partial charge is 0.481 e. The number of hydrogen-bond acceptors (Lipinski definition) is 3. The van der Waals surface area contributed by atoms with Crippen molar-refractivity contribution in [2.24, 2.45) is 5.92 Å². The quantitative estimate of drug-likeness (QED) is 0.778. The summed E-state index contributed by atoms with van der Waals surface area (Å²) in [6.07, 6.45) is 5.37. The van der Waals surface area contributed by atoms with Gasteiger partial charge in [-0.2, -0.15) is 0 Å². The van der Waals surface area contributed by atoms with Crippen LogP contribution in [0.5, 0.6) is 0 Å². The van der Waals surface area contributed by atoms with E-state index < -0.39 is 5.97 Å². The topological polar surface area (TPSA) is 52.6 Å². The summed E-state index contributed by atoms with van der Waals surface area (Å²) in [5, 5.41) is 12.4. The normalized spacial score (nSPS) is 29.4. The minimum Gasteiger partial charge on any atom is -0.481 e. The smallest absolute Gasteiger partial charge is 0.304 e. The Morgan fingerprint density at radius 2 is 2.12 bits per heavy atom. The molecular formula is C13H24N2O2. The lowest BCUT2D eigenvalue weighted by Crippen LogP contribution is -2.44. The van der Waals surface area contributed by atoms with Gasteiger partial charge in [0.05, 0.1) is 6.42 Å². The van der Waals surface area contributed by atoms with Crippen LogP contribution in [0.1, 0.15) is 39.0 Å². The van der Waals surface area contributed by atoms with E-state index in [1.807, 2.05) is 6.92 Å². The molecule has 2 unspecified atom stereocenters. The first-order valence-electron chi connectivity index (χ1n) is 6.86. The van der Waals surface area contributed by atoms with Crippen LogP contribution in [-0.4, -0.2) is 47.7 Å². The van der Waals surface area contributed by atoms with Crippen molar-refractivity contribution < 1.29 is 9.90 Å². The highest BCUT2D eigenvalue weighted by molar-refractivity contribution is 5.67. The van der Waals surface area contributed by atoms with Crippen LogP contribution in [0.15, 0.2) is 0 Å². The van der Waals surface area contributed by atoms with Crippen LogP contribution in [0.4, 0.5) is 0 Å². The third-order valence-corrected chi connectivity index (χ3v) is 4.34. The van der Waals surface area contributed by atoms with Crippen LogP contribution in [0, 0.1) is 5.92 Å². The van der Waals surface area contributed by atoms with Gasteiger partial charge in [-0.05, 0) is 58.2 Å². The fourth-order valence-corrected chi connectivity index (χ4v) is 3.26. The van der Waals surface area contributed by atoms with Gasteiger partial charge in [-0.1, -0.05) is 0 Å². The summed E-state index contributed by atoms with van der Waals surface area (Å²) in [5.74, 6) is 0.128. The molecule has 2 aliphatic rings. The Kier molecular flexibility index (Phi) is 4.40. The zero-order valence-corrected chi connectivity index (χ0v) is 10.7. The molecule has 4 heteroatoms. The van der Waals surface area contributed by atoms with E-state index in [1.165, 1.54) is 32.2 Å². The first kappa shape index (κ1) is 12.8. The number of nitrogens with one attached hydrogen (secondary N) is 1. The van der Waals surface area contributed by atoms with Gasteiger partial charge in [-0.3, -0.25) is 4.79 Å². The number of carbonyl (C=O) groups is 1. The Morgan fingerprint density at radius 1 is 1.41 bits per heavy atom. The van der Waals surface area contributed by atoms with Gasteiger partial charge < -0.3 is 15.3 Å². The average Bonchev–Trinajstić information content (AvgIpc) is 2.82. The SMILES string of the molecule is CC(CC(=O)O)N1CCC(C2CCCN2)CC1. The van der Waals surface area contributed by atoms with E-state index in [9.17, 15) is 4.79 Å². The second-order valence-electron chi connectivity index (χ2n) is 5.52. The summed E-state index contributed by atoms with van der Waals surface area (Å²) < 4.78 is 0. The van der Waals surface area contributed by atoms with E-state index in [4.69, 9.17) is 5.11 Å². The molecule has 0 radical (unpaired) electrons. The molecule has 0 aromatic carbocycles. The highest BCUT2D eigenvalue weighted by Crippen LogP contribution is 2.26. The lowest BCUT2D eigenvalue weighted by atomic mass is 9.88. The standard InChI is InChI=1S/C13H24N2O2/c1-10(9-13(16)17)15-7-4-11(5-8-15)12-3-2-6-14-12/h10-12,14H,2-9H2,1H3,(H,16,17). The molecule has 98 valence electrons. The van der Waals surface area contributed by atoms with Gasteiger partial charge in [0.15, 0.2) is 0 Å². The molecule has 0 saturated carbocycles. The summed E-state index contributed by atoms with van der Waals surface area (Å²) in [6.45, 7) is 5.34. The summed E-state index contributed by atoms with van der Waals surface area (Å²) in [5.41, 5.74) is 0. The molecule has 4 nitrogen and oxygen atoms in total. The molecule has 2 rings (SSSR count). The maximum atomic E-state index is 10.7. The monoisotopic (exact) mass is 240 g/mol. The number of carboxylic acid groups (broad SMARTS) is 1. The number of piperidine rings is 1. The van der Waals surface area contributed by atoms with E-state index >= 15 is 0 Å². The highest BCUT2D eigenvalue weighted by Gasteiger charge is 2.30. The van der Waals surface area contributed by atoms with Crippen molar-refractivity contribution in [1.29, 1.82) is 0 Å². The maximum absolute atomic E-state index is 10.7. The molecule has 2 saturated heterocycles. The number of nitrogens with zero attached hydrogens (tertiary/aromatic N) is 1. The van der Waals surface area contributed by atoms with Crippen molar-refractivity contribution in [3.63, 3.8) is 0 Å². The minimum absolute atomic E-state index is 0.185. The number of rotatable bonds is 4. The Labute approximate surface area is 103 Å². The van der Waals surface area contributed by atoms with Gasteiger partial charge in [-0.25, -0.2) is 0 Å². The van der Waals surface area contributed by atoms with Crippen LogP contribution in [0.25, 0.3) is 0 Å². The van der Waals surface area contributed by atoms with Crippen molar-refractivity contribution in [2.75, 3.05) is 19.6 Å². The number of aliphatic carboxylic acids is 1. The van der Waals surface area contributed by atoms with Crippen LogP contribution < -0.4 is 5.32 Å². The summed E-state index contributed by atoms with van der Waals surface area (Å²) >= 11 is 0. The lowest BCUT2D eigenvalue weighted by molar-refractivity contribution is -0.138. The van der Waals surface area contributed by atoms with Gasteiger partial charge >= 0.3 is 5.97 Å². The molecule has 0 spiro atoms. The van der Waals surface area contributed by atoms with Gasteiger partial charge in [-0.15, -0.1) is 0 Å². The molecular weight excluding hydrogens is 216 g/mol. The molecule has 0 amide bonds. The van der Waals surface area contributed by atoms with Crippen molar-refractivity contribution in [1.82, 2.24) is 10.2 Å². The Hall–Kier alpha value is -0.610. The van der Waals surface area contributed by atoms with Crippen LogP contribution in [-0.2, 0) is 4.79 Å². The molecule has 2 atom stereocenters. The minimum atomic E-state index is -0.683. The first-order chi connectivity index (χ1) is 8.16. The van der Waals surface area contributed by atoms with E-state index in [2.05, 4.69) is 10.2 Å². The van der Waals surface area contributed by atoms with Gasteiger partial charge in [0.25, 0.3) is 0 Å². The van der Waals surface area contributed by atoms with Crippen molar-refractivity contribution in [3.8, 4) is 0 Å². The average molecular weight is 240 g/mol. The maximum Gasteiger partial charge on any atom is 0.304 e. The number of carboxylic acids is 1. The molecule has 0 aliphatic carbocycles. The fraction of sp³-hybridized carbons (Fsp3) is 0.923. The van der Waals surface area contributed by atoms with E-state index in [0.717, 1.165) is 25.0 Å². The molecule has 2 N–H and O–H groups in total. The van der Waals surface area contributed by atoms with Gasteiger partial charge in [0, 0.05) is 12.1 Å². The second kappa shape index (κ2) is 5.83. The predicted molar refractivity (Wildman–Crippen MR) is 67.0 cm³/mol. The molecule has 0 aromatic heterocycles. The van der Waals surface area contributed by atoms with Gasteiger partial charge in [0.2, 0.25) is 0 Å². The third kappa shape index (κ3) is 3.42. The lowest BCUT2D eigenvalue weighted by Gasteiger charge is -2.37. The van der Waals surface area contributed by atoms with E-state index in [0.29, 0.717) is 0 Å². The third-order valence-electron chi connectivity index (χ3n) is 4.34. The molecule has 2 aliphatic heterocycles. The Bertz CT molecular complexity index is 256. The Morgan fingerprint density at radius 3 is 2.65 bits per heavy atom. The summed E-state index contributed by atoms with van der Waals surface area (Å²) in [4.78, 5) is 13.0. The molecule has 0 aromatic rings. The van der Waals surface area contributed by atoms with E-state index in [1.54, 1.807) is 0 Å². The van der Waals surface area contributed by atoms with E-state index in [-0.39, 0.29) is 12.5 Å². The summed E-state index contributed by atoms with van der Waals surface area (Å²) in [6, 6.07) is 0.914.